The summed E-state index contributed by atoms with van der Waals surface area (Å²) in [6.45, 7) is 1.94. The molecule has 8 nitrogen and oxygen atoms in total. The molecule has 1 aliphatic heterocycles. The van der Waals surface area contributed by atoms with Crippen LogP contribution in [0.2, 0.25) is 0 Å². The van der Waals surface area contributed by atoms with Gasteiger partial charge in [-0.15, -0.1) is 0 Å². The maximum atomic E-state index is 12.5. The third-order valence-corrected chi connectivity index (χ3v) is 4.55. The van der Waals surface area contributed by atoms with E-state index in [1.807, 2.05) is 18.2 Å². The van der Waals surface area contributed by atoms with E-state index in [1.165, 1.54) is 14.0 Å². The molecule has 27 heavy (non-hydrogen) atoms. The Kier molecular flexibility index (Phi) is 7.18. The van der Waals surface area contributed by atoms with Gasteiger partial charge in [0.2, 0.25) is 5.91 Å². The Labute approximate surface area is 158 Å². The largest absolute Gasteiger partial charge is 0.484 e. The SMILES string of the molecule is COCC(C)(NC(=O)C1CCCN(C(=O)COc2ccccc2)C1)C(=O)O. The van der Waals surface area contributed by atoms with Gasteiger partial charge >= 0.3 is 5.97 Å². The number of piperidine rings is 1. The van der Waals surface area contributed by atoms with Crippen LogP contribution >= 0.6 is 0 Å². The molecule has 1 aliphatic rings. The molecule has 1 saturated heterocycles. The van der Waals surface area contributed by atoms with E-state index in [2.05, 4.69) is 5.32 Å². The number of rotatable bonds is 8. The Balaban J connectivity index is 1.91. The van der Waals surface area contributed by atoms with E-state index in [1.54, 1.807) is 17.0 Å². The van der Waals surface area contributed by atoms with Crippen LogP contribution in [0.1, 0.15) is 19.8 Å². The van der Waals surface area contributed by atoms with Crippen LogP contribution < -0.4 is 10.1 Å². The molecule has 0 bridgehead atoms. The van der Waals surface area contributed by atoms with Crippen molar-refractivity contribution in [2.75, 3.05) is 33.4 Å². The van der Waals surface area contributed by atoms with Crippen LogP contribution in [0.25, 0.3) is 0 Å². The molecule has 1 fully saturated rings. The van der Waals surface area contributed by atoms with Crippen molar-refractivity contribution in [3.05, 3.63) is 30.3 Å². The van der Waals surface area contributed by atoms with Gasteiger partial charge in [0.15, 0.2) is 12.1 Å². The molecule has 148 valence electrons. The highest BCUT2D eigenvalue weighted by atomic mass is 16.5. The number of para-hydroxylation sites is 1. The number of ether oxygens (including phenoxy) is 2. The fraction of sp³-hybridized carbons (Fsp3) is 0.526. The van der Waals surface area contributed by atoms with Crippen LogP contribution in [-0.4, -0.2) is 66.7 Å². The second-order valence-electron chi connectivity index (χ2n) is 6.84. The van der Waals surface area contributed by atoms with Gasteiger partial charge in [0.05, 0.1) is 12.5 Å². The van der Waals surface area contributed by atoms with Crippen molar-refractivity contribution in [2.24, 2.45) is 5.92 Å². The Morgan fingerprint density at radius 3 is 2.63 bits per heavy atom. The van der Waals surface area contributed by atoms with Crippen molar-refractivity contribution in [1.82, 2.24) is 10.2 Å². The van der Waals surface area contributed by atoms with Crippen molar-refractivity contribution >= 4 is 17.8 Å². The molecule has 0 aromatic heterocycles. The molecular weight excluding hydrogens is 352 g/mol. The normalized spacial score (nSPS) is 19.0. The average Bonchev–Trinajstić information content (AvgIpc) is 2.67. The second kappa shape index (κ2) is 9.36. The Morgan fingerprint density at radius 1 is 1.30 bits per heavy atom. The number of methoxy groups -OCH3 is 1. The quantitative estimate of drug-likeness (QED) is 0.697. The number of carboxylic acid groups (broad SMARTS) is 1. The van der Waals surface area contributed by atoms with E-state index in [0.29, 0.717) is 25.1 Å². The van der Waals surface area contributed by atoms with E-state index in [9.17, 15) is 19.5 Å². The lowest BCUT2D eigenvalue weighted by molar-refractivity contribution is -0.151. The molecule has 1 aromatic carbocycles. The van der Waals surface area contributed by atoms with E-state index >= 15 is 0 Å². The Morgan fingerprint density at radius 2 is 2.00 bits per heavy atom. The van der Waals surface area contributed by atoms with Gasteiger partial charge in [0.25, 0.3) is 5.91 Å². The van der Waals surface area contributed by atoms with Crippen LogP contribution in [0.3, 0.4) is 0 Å². The van der Waals surface area contributed by atoms with Gasteiger partial charge in [-0.05, 0) is 31.9 Å². The van der Waals surface area contributed by atoms with E-state index < -0.39 is 23.3 Å². The predicted octanol–water partition coefficient (Wildman–Crippen LogP) is 0.910. The number of amides is 2. The fourth-order valence-electron chi connectivity index (χ4n) is 2.98. The highest BCUT2D eigenvalue weighted by molar-refractivity contribution is 5.88. The zero-order valence-electron chi connectivity index (χ0n) is 15.6. The van der Waals surface area contributed by atoms with Crippen molar-refractivity contribution in [3.63, 3.8) is 0 Å². The molecule has 8 heteroatoms. The Bertz CT molecular complexity index is 665. The number of nitrogens with one attached hydrogen (secondary N) is 1. The number of likely N-dealkylation sites (tertiary alicyclic amines) is 1. The molecule has 2 N–H and O–H groups in total. The van der Waals surface area contributed by atoms with Crippen LogP contribution in [0.5, 0.6) is 5.75 Å². The first-order chi connectivity index (χ1) is 12.9. The highest BCUT2D eigenvalue weighted by Gasteiger charge is 2.38. The van der Waals surface area contributed by atoms with Crippen LogP contribution in [0.15, 0.2) is 30.3 Å². The standard InChI is InChI=1S/C19H26N2O6/c1-19(13-26-2,18(24)25)20-17(23)14-7-6-10-21(11-14)16(22)12-27-15-8-4-3-5-9-15/h3-5,8-9,14H,6-7,10-13H2,1-2H3,(H,20,23)(H,24,25). The summed E-state index contributed by atoms with van der Waals surface area (Å²) in [7, 11) is 1.38. The summed E-state index contributed by atoms with van der Waals surface area (Å²) in [6, 6.07) is 9.03. The van der Waals surface area contributed by atoms with E-state index in [0.717, 1.165) is 0 Å². The minimum atomic E-state index is -1.51. The Hall–Kier alpha value is -2.61. The van der Waals surface area contributed by atoms with Gasteiger partial charge in [-0.2, -0.15) is 0 Å². The zero-order chi connectivity index (χ0) is 19.9. The average molecular weight is 378 g/mol. The highest BCUT2D eigenvalue weighted by Crippen LogP contribution is 2.19. The summed E-state index contributed by atoms with van der Waals surface area (Å²) < 4.78 is 10.4. The van der Waals surface area contributed by atoms with Gasteiger partial charge < -0.3 is 24.8 Å². The minimum Gasteiger partial charge on any atom is -0.484 e. The number of carbonyl (C=O) groups is 3. The number of nitrogens with zero attached hydrogens (tertiary/aromatic N) is 1. The van der Waals surface area contributed by atoms with Gasteiger partial charge in [0.1, 0.15) is 5.75 Å². The molecule has 2 rings (SSSR count). The number of carbonyl (C=O) groups excluding carboxylic acids is 2. The van der Waals surface area contributed by atoms with Gasteiger partial charge in [-0.25, -0.2) is 4.79 Å². The molecule has 0 aliphatic carbocycles. The van der Waals surface area contributed by atoms with Crippen molar-refractivity contribution < 1.29 is 29.0 Å². The summed E-state index contributed by atoms with van der Waals surface area (Å²) in [6.07, 6.45) is 1.26. The molecule has 0 radical (unpaired) electrons. The number of aliphatic carboxylic acids is 1. The fourth-order valence-corrected chi connectivity index (χ4v) is 2.98. The van der Waals surface area contributed by atoms with Crippen molar-refractivity contribution in [1.29, 1.82) is 0 Å². The first kappa shape index (κ1) is 20.7. The monoisotopic (exact) mass is 378 g/mol. The van der Waals surface area contributed by atoms with E-state index in [4.69, 9.17) is 9.47 Å². The lowest BCUT2D eigenvalue weighted by atomic mass is 9.95. The summed E-state index contributed by atoms with van der Waals surface area (Å²) in [4.78, 5) is 38.0. The molecule has 2 unspecified atom stereocenters. The second-order valence-corrected chi connectivity index (χ2v) is 6.84. The topological polar surface area (TPSA) is 105 Å². The third-order valence-electron chi connectivity index (χ3n) is 4.55. The zero-order valence-corrected chi connectivity index (χ0v) is 15.6. The molecule has 2 atom stereocenters. The molecule has 1 heterocycles. The summed E-state index contributed by atoms with van der Waals surface area (Å²) >= 11 is 0. The molecule has 1 aromatic rings. The number of carboxylic acids is 1. The van der Waals surface area contributed by atoms with Crippen LogP contribution in [0.4, 0.5) is 0 Å². The lowest BCUT2D eigenvalue weighted by Gasteiger charge is -2.34. The minimum absolute atomic E-state index is 0.102. The third kappa shape index (κ3) is 5.68. The van der Waals surface area contributed by atoms with Crippen molar-refractivity contribution in [2.45, 2.75) is 25.3 Å². The van der Waals surface area contributed by atoms with E-state index in [-0.39, 0.29) is 25.7 Å². The smallest absolute Gasteiger partial charge is 0.331 e. The first-order valence-electron chi connectivity index (χ1n) is 8.85. The molecular formula is C19H26N2O6. The predicted molar refractivity (Wildman–Crippen MR) is 97.3 cm³/mol. The number of hydrogen-bond donors (Lipinski definition) is 2. The van der Waals surface area contributed by atoms with Crippen LogP contribution in [0, 0.1) is 5.92 Å². The molecule has 0 spiro atoms. The summed E-state index contributed by atoms with van der Waals surface area (Å²) in [5.74, 6) is -1.62. The maximum Gasteiger partial charge on any atom is 0.331 e. The number of hydrogen-bond acceptors (Lipinski definition) is 5. The van der Waals surface area contributed by atoms with Gasteiger partial charge in [-0.3, -0.25) is 9.59 Å². The molecule has 0 saturated carbocycles. The van der Waals surface area contributed by atoms with Gasteiger partial charge in [-0.1, -0.05) is 18.2 Å². The summed E-state index contributed by atoms with van der Waals surface area (Å²) in [5, 5.41) is 11.9. The van der Waals surface area contributed by atoms with Crippen LogP contribution in [-0.2, 0) is 19.1 Å². The summed E-state index contributed by atoms with van der Waals surface area (Å²) in [5.41, 5.74) is -1.51. The van der Waals surface area contributed by atoms with Crippen molar-refractivity contribution in [3.8, 4) is 5.75 Å². The molecule has 2 amide bonds. The maximum absolute atomic E-state index is 12.5. The lowest BCUT2D eigenvalue weighted by Crippen LogP contribution is -2.58. The van der Waals surface area contributed by atoms with Gasteiger partial charge in [0, 0.05) is 20.2 Å². The first-order valence-corrected chi connectivity index (χ1v) is 8.85. The number of benzene rings is 1.